The molecular weight excluding hydrogens is 300 g/mol. The second-order valence-electron chi connectivity index (χ2n) is 6.79. The summed E-state index contributed by atoms with van der Waals surface area (Å²) in [5.74, 6) is 0. The van der Waals surface area contributed by atoms with Crippen molar-refractivity contribution in [3.8, 4) is 0 Å². The molecule has 0 heteroatoms. The van der Waals surface area contributed by atoms with Crippen LogP contribution in [-0.4, -0.2) is 0 Å². The predicted octanol–water partition coefficient (Wildman–Crippen LogP) is 6.49. The third-order valence-corrected chi connectivity index (χ3v) is 5.11. The van der Waals surface area contributed by atoms with Crippen LogP contribution in [0.4, 0.5) is 0 Å². The Balaban J connectivity index is 2.01. The van der Waals surface area contributed by atoms with Crippen molar-refractivity contribution in [2.24, 2.45) is 0 Å². The molecule has 0 nitrogen and oxygen atoms in total. The number of rotatable bonds is 7. The maximum Gasteiger partial charge on any atom is 0.0240 e. The normalized spacial score (nSPS) is 11.2. The van der Waals surface area contributed by atoms with Gasteiger partial charge in [0, 0.05) is 5.41 Å². The van der Waals surface area contributed by atoms with E-state index < -0.39 is 0 Å². The fourth-order valence-electron chi connectivity index (χ4n) is 3.67. The fourth-order valence-corrected chi connectivity index (χ4v) is 3.67. The number of allylic oxidation sites excluding steroid dienone is 1. The lowest BCUT2D eigenvalue weighted by molar-refractivity contribution is 0.477. The summed E-state index contributed by atoms with van der Waals surface area (Å²) in [6.07, 6.45) is 5.12. The highest BCUT2D eigenvalue weighted by atomic mass is 14.3. The topological polar surface area (TPSA) is 0 Å². The Morgan fingerprint density at radius 2 is 1.28 bits per heavy atom. The highest BCUT2D eigenvalue weighted by molar-refractivity contribution is 5.40. The summed E-state index contributed by atoms with van der Waals surface area (Å²) in [7, 11) is 0. The Labute approximate surface area is 151 Å². The lowest BCUT2D eigenvalue weighted by atomic mass is 9.68. The highest BCUT2D eigenvalue weighted by Gasteiger charge is 2.32. The second kappa shape index (κ2) is 7.98. The maximum atomic E-state index is 4.06. The molecule has 25 heavy (non-hydrogen) atoms. The number of hydrogen-bond acceptors (Lipinski definition) is 0. The zero-order chi connectivity index (χ0) is 17.5. The molecule has 3 rings (SSSR count). The van der Waals surface area contributed by atoms with Gasteiger partial charge in [0.05, 0.1) is 0 Å². The van der Waals surface area contributed by atoms with Crippen LogP contribution in [0, 0.1) is 6.92 Å². The van der Waals surface area contributed by atoms with Gasteiger partial charge in [-0.1, -0.05) is 96.6 Å². The Hall–Kier alpha value is -2.60. The minimum absolute atomic E-state index is 0.0326. The molecule has 0 unspecified atom stereocenters. The van der Waals surface area contributed by atoms with Crippen LogP contribution >= 0.6 is 0 Å². The Morgan fingerprint density at radius 1 is 0.760 bits per heavy atom. The average Bonchev–Trinajstić information content (AvgIpc) is 2.68. The van der Waals surface area contributed by atoms with Crippen molar-refractivity contribution < 1.29 is 0 Å². The molecule has 0 bridgehead atoms. The third-order valence-electron chi connectivity index (χ3n) is 5.11. The van der Waals surface area contributed by atoms with E-state index in [2.05, 4.69) is 105 Å². The van der Waals surface area contributed by atoms with Crippen LogP contribution in [0.25, 0.3) is 0 Å². The maximum absolute atomic E-state index is 4.06. The van der Waals surface area contributed by atoms with Crippen LogP contribution in [0.5, 0.6) is 0 Å². The summed E-state index contributed by atoms with van der Waals surface area (Å²) in [6.45, 7) is 6.20. The molecule has 0 saturated heterocycles. The quantitative estimate of drug-likeness (QED) is 0.435. The molecular formula is C25H26. The molecule has 0 aliphatic carbocycles. The Bertz CT molecular complexity index is 743. The molecule has 0 aromatic heterocycles. The number of benzene rings is 3. The Kier molecular flexibility index (Phi) is 5.50. The van der Waals surface area contributed by atoms with E-state index in [1.165, 1.54) is 22.3 Å². The molecule has 0 aliphatic heterocycles. The van der Waals surface area contributed by atoms with Gasteiger partial charge in [0.25, 0.3) is 0 Å². The fraction of sp³-hybridized carbons (Fsp3) is 0.200. The van der Waals surface area contributed by atoms with E-state index in [4.69, 9.17) is 0 Å². The molecule has 3 aromatic carbocycles. The summed E-state index contributed by atoms with van der Waals surface area (Å²) < 4.78 is 0. The molecule has 0 radical (unpaired) electrons. The van der Waals surface area contributed by atoms with E-state index in [1.807, 2.05) is 0 Å². The first kappa shape index (κ1) is 17.2. The Morgan fingerprint density at radius 3 is 1.76 bits per heavy atom. The van der Waals surface area contributed by atoms with Crippen molar-refractivity contribution >= 4 is 0 Å². The second-order valence-corrected chi connectivity index (χ2v) is 6.79. The summed E-state index contributed by atoms with van der Waals surface area (Å²) >= 11 is 0. The highest BCUT2D eigenvalue weighted by Crippen LogP contribution is 2.40. The van der Waals surface area contributed by atoms with Gasteiger partial charge in [-0.05, 0) is 42.9 Å². The lowest BCUT2D eigenvalue weighted by Gasteiger charge is -2.35. The van der Waals surface area contributed by atoms with E-state index in [0.29, 0.717) is 0 Å². The van der Waals surface area contributed by atoms with Crippen LogP contribution in [0.2, 0.25) is 0 Å². The molecule has 0 spiro atoms. The smallest absolute Gasteiger partial charge is 0.0240 e. The van der Waals surface area contributed by atoms with Gasteiger partial charge in [-0.2, -0.15) is 0 Å². The first-order chi connectivity index (χ1) is 12.2. The van der Waals surface area contributed by atoms with E-state index in [1.54, 1.807) is 0 Å². The van der Waals surface area contributed by atoms with Crippen LogP contribution < -0.4 is 0 Å². The summed E-state index contributed by atoms with van der Waals surface area (Å²) in [4.78, 5) is 0. The zero-order valence-corrected chi connectivity index (χ0v) is 15.0. The molecule has 0 amide bonds. The minimum Gasteiger partial charge on any atom is -0.103 e. The van der Waals surface area contributed by atoms with Crippen LogP contribution in [0.3, 0.4) is 0 Å². The van der Waals surface area contributed by atoms with Gasteiger partial charge >= 0.3 is 0 Å². The lowest BCUT2D eigenvalue weighted by Crippen LogP contribution is -2.28. The van der Waals surface area contributed by atoms with Crippen molar-refractivity contribution in [1.82, 2.24) is 0 Å². The van der Waals surface area contributed by atoms with Crippen molar-refractivity contribution in [3.63, 3.8) is 0 Å². The first-order valence-corrected chi connectivity index (χ1v) is 9.02. The van der Waals surface area contributed by atoms with Gasteiger partial charge in [0.1, 0.15) is 0 Å². The molecule has 0 N–H and O–H groups in total. The minimum atomic E-state index is -0.0326. The van der Waals surface area contributed by atoms with Gasteiger partial charge in [0.2, 0.25) is 0 Å². The van der Waals surface area contributed by atoms with E-state index in [0.717, 1.165) is 19.3 Å². The van der Waals surface area contributed by atoms with E-state index in [9.17, 15) is 0 Å². The van der Waals surface area contributed by atoms with Crippen molar-refractivity contribution in [3.05, 3.63) is 120 Å². The van der Waals surface area contributed by atoms with Gasteiger partial charge in [-0.15, -0.1) is 6.58 Å². The SMILES string of the molecule is C=CCC(CCc1ccc(C)cc1)(c1ccccc1)c1ccccc1. The molecule has 0 atom stereocenters. The monoisotopic (exact) mass is 326 g/mol. The van der Waals surface area contributed by atoms with Gasteiger partial charge in [-0.25, -0.2) is 0 Å². The summed E-state index contributed by atoms with van der Waals surface area (Å²) in [6, 6.07) is 30.7. The molecule has 0 fully saturated rings. The molecule has 126 valence electrons. The van der Waals surface area contributed by atoms with Crippen molar-refractivity contribution in [2.45, 2.75) is 31.6 Å². The first-order valence-electron chi connectivity index (χ1n) is 9.02. The van der Waals surface area contributed by atoms with Crippen molar-refractivity contribution in [2.75, 3.05) is 0 Å². The molecule has 3 aromatic rings. The van der Waals surface area contributed by atoms with Crippen LogP contribution in [0.1, 0.15) is 35.1 Å². The molecule has 0 saturated carbocycles. The van der Waals surface area contributed by atoms with Gasteiger partial charge < -0.3 is 0 Å². The van der Waals surface area contributed by atoms with Gasteiger partial charge in [0.15, 0.2) is 0 Å². The number of aryl methyl sites for hydroxylation is 2. The largest absolute Gasteiger partial charge is 0.103 e. The standard InChI is InChI=1S/C25H26/c1-3-19-25(23-10-6-4-7-11-23,24-12-8-5-9-13-24)20-18-22-16-14-21(2)15-17-22/h3-17H,1,18-20H2,2H3. The average molecular weight is 326 g/mol. The van der Waals surface area contributed by atoms with E-state index in [-0.39, 0.29) is 5.41 Å². The zero-order valence-electron chi connectivity index (χ0n) is 15.0. The summed E-state index contributed by atoms with van der Waals surface area (Å²) in [5.41, 5.74) is 5.41. The number of hydrogen-bond donors (Lipinski definition) is 0. The summed E-state index contributed by atoms with van der Waals surface area (Å²) in [5, 5.41) is 0. The third kappa shape index (κ3) is 3.91. The molecule has 0 heterocycles. The van der Waals surface area contributed by atoms with E-state index >= 15 is 0 Å². The van der Waals surface area contributed by atoms with Crippen LogP contribution in [0.15, 0.2) is 97.6 Å². The van der Waals surface area contributed by atoms with Crippen molar-refractivity contribution in [1.29, 1.82) is 0 Å². The molecule has 0 aliphatic rings. The predicted molar refractivity (Wildman–Crippen MR) is 108 cm³/mol. The van der Waals surface area contributed by atoms with Gasteiger partial charge in [-0.3, -0.25) is 0 Å². The van der Waals surface area contributed by atoms with Crippen LogP contribution in [-0.2, 0) is 11.8 Å².